The number of fused-ring (bicyclic) bond motifs is 1. The minimum Gasteiger partial charge on any atom is -0.437 e. The monoisotopic (exact) mass is 146 g/mol. The first kappa shape index (κ1) is 6.09. The zero-order valence-corrected chi connectivity index (χ0v) is 5.74. The van der Waals surface area contributed by atoms with E-state index in [4.69, 9.17) is 9.83 Å². The molecule has 0 bridgehead atoms. The van der Waals surface area contributed by atoms with Gasteiger partial charge in [0.25, 0.3) is 0 Å². The molecular formula is C8H6N2O. The summed E-state index contributed by atoms with van der Waals surface area (Å²) in [5.41, 5.74) is 1.59. The lowest BCUT2D eigenvalue weighted by Gasteiger charge is -1.91. The molecule has 0 aliphatic rings. The number of nitrogens with one attached hydrogen (secondary N) is 1. The quantitative estimate of drug-likeness (QED) is 0.609. The molecule has 0 radical (unpaired) electrons. The van der Waals surface area contributed by atoms with Crippen LogP contribution < -0.4 is 5.55 Å². The van der Waals surface area contributed by atoms with E-state index in [1.807, 2.05) is 0 Å². The van der Waals surface area contributed by atoms with Gasteiger partial charge in [-0.1, -0.05) is 0 Å². The highest BCUT2D eigenvalue weighted by Gasteiger charge is 1.91. The molecule has 0 unspecified atom stereocenters. The topological polar surface area (TPSA) is 49.9 Å². The maximum Gasteiger partial charge on any atom is 0.212 e. The molecule has 0 aliphatic carbocycles. The molecule has 0 spiro atoms. The zero-order chi connectivity index (χ0) is 7.68. The van der Waals surface area contributed by atoms with E-state index >= 15 is 0 Å². The molecule has 2 aromatic heterocycles. The molecule has 2 rings (SSSR count). The summed E-state index contributed by atoms with van der Waals surface area (Å²) in [4.78, 5) is 4.05. The highest BCUT2D eigenvalue weighted by atomic mass is 16.3. The largest absolute Gasteiger partial charge is 0.437 e. The van der Waals surface area contributed by atoms with Crippen molar-refractivity contribution in [3.8, 4) is 0 Å². The van der Waals surface area contributed by atoms with Gasteiger partial charge in [-0.2, -0.15) is 0 Å². The number of nitrogens with zero attached hydrogens (tertiary/aromatic N) is 1. The first-order valence-electron chi connectivity index (χ1n) is 3.26. The van der Waals surface area contributed by atoms with Crippen LogP contribution in [-0.4, -0.2) is 4.98 Å². The molecule has 11 heavy (non-hydrogen) atoms. The average molecular weight is 146 g/mol. The van der Waals surface area contributed by atoms with Crippen LogP contribution in [0.5, 0.6) is 0 Å². The minimum atomic E-state index is 0.158. The highest BCUT2D eigenvalue weighted by Crippen LogP contribution is 2.05. The summed E-state index contributed by atoms with van der Waals surface area (Å²) < 4.78 is 5.07. The Bertz CT molecular complexity index is 433. The van der Waals surface area contributed by atoms with Gasteiger partial charge < -0.3 is 4.42 Å². The molecule has 0 amide bonds. The summed E-state index contributed by atoms with van der Waals surface area (Å²) in [7, 11) is 0. The second-order valence-electron chi connectivity index (χ2n) is 2.19. The summed E-state index contributed by atoms with van der Waals surface area (Å²) in [5.74, 6) is 0. The molecule has 0 fully saturated rings. The third-order valence-corrected chi connectivity index (χ3v) is 1.41. The van der Waals surface area contributed by atoms with Crippen molar-refractivity contribution in [2.75, 3.05) is 0 Å². The summed E-state index contributed by atoms with van der Waals surface area (Å²) in [6.07, 6.45) is 1.70. The van der Waals surface area contributed by atoms with Crippen LogP contribution >= 0.6 is 0 Å². The van der Waals surface area contributed by atoms with Gasteiger partial charge >= 0.3 is 0 Å². The predicted molar refractivity (Wildman–Crippen MR) is 39.9 cm³/mol. The third kappa shape index (κ3) is 1.00. The van der Waals surface area contributed by atoms with E-state index < -0.39 is 0 Å². The fraction of sp³-hybridized carbons (Fsp3) is 0. The number of aromatic nitrogens is 1. The maximum atomic E-state index is 7.18. The molecule has 54 valence electrons. The van der Waals surface area contributed by atoms with Gasteiger partial charge in [-0.15, -0.1) is 0 Å². The molecule has 3 nitrogen and oxygen atoms in total. The van der Waals surface area contributed by atoms with Crippen molar-refractivity contribution in [3.63, 3.8) is 0 Å². The van der Waals surface area contributed by atoms with Crippen LogP contribution in [0.25, 0.3) is 11.1 Å². The molecule has 0 atom stereocenters. The van der Waals surface area contributed by atoms with E-state index in [0.29, 0.717) is 5.58 Å². The van der Waals surface area contributed by atoms with Crippen molar-refractivity contribution >= 4 is 11.1 Å². The van der Waals surface area contributed by atoms with Crippen molar-refractivity contribution in [1.29, 1.82) is 5.41 Å². The van der Waals surface area contributed by atoms with Crippen molar-refractivity contribution in [3.05, 3.63) is 36.0 Å². The Balaban J connectivity index is 2.94. The van der Waals surface area contributed by atoms with Gasteiger partial charge in [0.2, 0.25) is 5.55 Å². The first-order chi connectivity index (χ1) is 5.36. The first-order valence-corrected chi connectivity index (χ1v) is 3.26. The second-order valence-corrected chi connectivity index (χ2v) is 2.19. The van der Waals surface area contributed by atoms with E-state index in [1.165, 1.54) is 0 Å². The Morgan fingerprint density at radius 1 is 1.27 bits per heavy atom. The highest BCUT2D eigenvalue weighted by molar-refractivity contribution is 5.70. The maximum absolute atomic E-state index is 7.18. The van der Waals surface area contributed by atoms with Crippen LogP contribution in [0.4, 0.5) is 0 Å². The summed E-state index contributed by atoms with van der Waals surface area (Å²) in [6.45, 7) is 0. The lowest BCUT2D eigenvalue weighted by atomic mass is 10.3. The molecule has 2 aromatic rings. The molecule has 3 heteroatoms. The summed E-state index contributed by atoms with van der Waals surface area (Å²) in [6, 6.07) is 6.92. The Morgan fingerprint density at radius 3 is 3.09 bits per heavy atom. The molecule has 0 saturated carbocycles. The molecule has 1 N–H and O–H groups in total. The molecule has 0 saturated heterocycles. The van der Waals surface area contributed by atoms with E-state index in [2.05, 4.69) is 4.98 Å². The van der Waals surface area contributed by atoms with Gasteiger partial charge in [0.05, 0.1) is 0 Å². The Labute approximate surface area is 62.8 Å². The fourth-order valence-electron chi connectivity index (χ4n) is 0.921. The van der Waals surface area contributed by atoms with Crippen LogP contribution in [0.15, 0.2) is 34.9 Å². The lowest BCUT2D eigenvalue weighted by Crippen LogP contribution is -1.94. The average Bonchev–Trinajstić information content (AvgIpc) is 2.04. The Kier molecular flexibility index (Phi) is 1.22. The SMILES string of the molecule is N=c1ccc2ncccc2o1. The normalized spacial score (nSPS) is 10.2. The van der Waals surface area contributed by atoms with Gasteiger partial charge in [-0.3, -0.25) is 10.4 Å². The third-order valence-electron chi connectivity index (χ3n) is 1.41. The van der Waals surface area contributed by atoms with Gasteiger partial charge in [-0.05, 0) is 18.2 Å². The Hall–Kier alpha value is -1.64. The smallest absolute Gasteiger partial charge is 0.212 e. The van der Waals surface area contributed by atoms with Gasteiger partial charge in [0.1, 0.15) is 5.52 Å². The molecular weight excluding hydrogens is 140 g/mol. The summed E-state index contributed by atoms with van der Waals surface area (Å²) in [5, 5.41) is 7.18. The summed E-state index contributed by atoms with van der Waals surface area (Å²) >= 11 is 0. The van der Waals surface area contributed by atoms with Crippen molar-refractivity contribution < 1.29 is 4.42 Å². The number of rotatable bonds is 0. The van der Waals surface area contributed by atoms with Gasteiger partial charge in [0, 0.05) is 12.3 Å². The second kappa shape index (κ2) is 2.20. The number of pyridine rings is 1. The van der Waals surface area contributed by atoms with Crippen LogP contribution in [0.1, 0.15) is 0 Å². The molecule has 0 aromatic carbocycles. The van der Waals surface area contributed by atoms with Gasteiger partial charge in [0.15, 0.2) is 5.58 Å². The van der Waals surface area contributed by atoms with E-state index in [-0.39, 0.29) is 5.55 Å². The van der Waals surface area contributed by atoms with Crippen molar-refractivity contribution in [2.24, 2.45) is 0 Å². The lowest BCUT2D eigenvalue weighted by molar-refractivity contribution is 0.532. The predicted octanol–water partition coefficient (Wildman–Crippen LogP) is 1.31. The van der Waals surface area contributed by atoms with Gasteiger partial charge in [-0.25, -0.2) is 0 Å². The molecule has 0 aliphatic heterocycles. The van der Waals surface area contributed by atoms with Crippen molar-refractivity contribution in [2.45, 2.75) is 0 Å². The van der Waals surface area contributed by atoms with Crippen LogP contribution in [0.3, 0.4) is 0 Å². The fourth-order valence-corrected chi connectivity index (χ4v) is 0.921. The van der Waals surface area contributed by atoms with Crippen LogP contribution in [0, 0.1) is 5.41 Å². The standard InChI is InChI=1S/C8H6N2O/c9-8-4-3-6-7(11-8)2-1-5-10-6/h1-5,9H. The minimum absolute atomic E-state index is 0.158. The number of hydrogen-bond acceptors (Lipinski definition) is 3. The van der Waals surface area contributed by atoms with Crippen LogP contribution in [-0.2, 0) is 0 Å². The zero-order valence-electron chi connectivity index (χ0n) is 5.74. The molecule has 2 heterocycles. The van der Waals surface area contributed by atoms with E-state index in [1.54, 1.807) is 30.5 Å². The Morgan fingerprint density at radius 2 is 2.18 bits per heavy atom. The van der Waals surface area contributed by atoms with Crippen molar-refractivity contribution in [1.82, 2.24) is 4.98 Å². The van der Waals surface area contributed by atoms with Crippen LogP contribution in [0.2, 0.25) is 0 Å². The van der Waals surface area contributed by atoms with E-state index in [0.717, 1.165) is 5.52 Å². The van der Waals surface area contributed by atoms with E-state index in [9.17, 15) is 0 Å². The number of hydrogen-bond donors (Lipinski definition) is 1.